The summed E-state index contributed by atoms with van der Waals surface area (Å²) in [5.74, 6) is 0.783. The Morgan fingerprint density at radius 3 is 2.29 bits per heavy atom. The molecule has 1 heterocycles. The first kappa shape index (κ1) is 14.6. The molecule has 5 heteroatoms. The predicted octanol–water partition coefficient (Wildman–Crippen LogP) is 1.89. The Labute approximate surface area is 109 Å². The van der Waals surface area contributed by atoms with Crippen LogP contribution < -0.4 is 5.73 Å². The quantitative estimate of drug-likeness (QED) is 0.746. The SMILES string of the molecule is CC(C)(C)OC(=O)N1CCC(CN)(CS)CC1. The number of amides is 1. The molecule has 1 amide bonds. The highest BCUT2D eigenvalue weighted by atomic mass is 32.1. The third kappa shape index (κ3) is 4.07. The number of rotatable bonds is 2. The largest absolute Gasteiger partial charge is 0.444 e. The number of hydrogen-bond acceptors (Lipinski definition) is 4. The van der Waals surface area contributed by atoms with Gasteiger partial charge in [0.2, 0.25) is 0 Å². The number of hydrogen-bond donors (Lipinski definition) is 2. The minimum absolute atomic E-state index is 0.0988. The first-order valence-electron chi connectivity index (χ1n) is 6.11. The Balaban J connectivity index is 2.49. The van der Waals surface area contributed by atoms with Crippen LogP contribution in [0.5, 0.6) is 0 Å². The summed E-state index contributed by atoms with van der Waals surface area (Å²) < 4.78 is 5.35. The topological polar surface area (TPSA) is 55.6 Å². The maximum absolute atomic E-state index is 11.9. The van der Waals surface area contributed by atoms with Crippen molar-refractivity contribution in [1.29, 1.82) is 0 Å². The van der Waals surface area contributed by atoms with Gasteiger partial charge in [-0.05, 0) is 51.3 Å². The molecule has 0 unspecified atom stereocenters. The van der Waals surface area contributed by atoms with Gasteiger partial charge in [0.05, 0.1) is 0 Å². The van der Waals surface area contributed by atoms with E-state index in [4.69, 9.17) is 10.5 Å². The molecule has 0 aromatic heterocycles. The summed E-state index contributed by atoms with van der Waals surface area (Å²) in [7, 11) is 0. The van der Waals surface area contributed by atoms with Gasteiger partial charge in [0, 0.05) is 13.1 Å². The van der Waals surface area contributed by atoms with E-state index in [0.717, 1.165) is 18.6 Å². The monoisotopic (exact) mass is 260 g/mol. The van der Waals surface area contributed by atoms with Crippen LogP contribution in [0.15, 0.2) is 0 Å². The summed E-state index contributed by atoms with van der Waals surface area (Å²) in [6.07, 6.45) is 1.60. The van der Waals surface area contributed by atoms with Crippen LogP contribution >= 0.6 is 12.6 Å². The molecule has 0 aromatic rings. The van der Waals surface area contributed by atoms with Crippen LogP contribution in [-0.4, -0.2) is 42.0 Å². The van der Waals surface area contributed by atoms with Gasteiger partial charge in [-0.3, -0.25) is 0 Å². The fraction of sp³-hybridized carbons (Fsp3) is 0.917. The van der Waals surface area contributed by atoms with Gasteiger partial charge in [0.15, 0.2) is 0 Å². The summed E-state index contributed by atoms with van der Waals surface area (Å²) in [4.78, 5) is 13.6. The molecule has 1 fully saturated rings. The van der Waals surface area contributed by atoms with E-state index in [2.05, 4.69) is 12.6 Å². The zero-order valence-corrected chi connectivity index (χ0v) is 11.9. The Hall–Kier alpha value is -0.420. The molecule has 0 radical (unpaired) electrons. The van der Waals surface area contributed by atoms with Crippen molar-refractivity contribution in [2.45, 2.75) is 39.2 Å². The van der Waals surface area contributed by atoms with Crippen molar-refractivity contribution in [2.24, 2.45) is 11.1 Å². The van der Waals surface area contributed by atoms with Crippen LogP contribution in [0, 0.1) is 5.41 Å². The molecule has 1 aliphatic heterocycles. The Kier molecular flexibility index (Phi) is 4.72. The smallest absolute Gasteiger partial charge is 0.410 e. The maximum Gasteiger partial charge on any atom is 0.410 e. The summed E-state index contributed by atoms with van der Waals surface area (Å²) >= 11 is 4.36. The summed E-state index contributed by atoms with van der Waals surface area (Å²) in [6, 6.07) is 0. The van der Waals surface area contributed by atoms with Crippen molar-refractivity contribution in [2.75, 3.05) is 25.4 Å². The highest BCUT2D eigenvalue weighted by Crippen LogP contribution is 2.31. The van der Waals surface area contributed by atoms with Gasteiger partial charge in [-0.1, -0.05) is 0 Å². The van der Waals surface area contributed by atoms with E-state index in [1.54, 1.807) is 4.90 Å². The average Bonchev–Trinajstić information content (AvgIpc) is 2.27. The zero-order chi connectivity index (χ0) is 13.1. The molecule has 2 N–H and O–H groups in total. The average molecular weight is 260 g/mol. The lowest BCUT2D eigenvalue weighted by Gasteiger charge is -2.40. The Morgan fingerprint density at radius 1 is 1.41 bits per heavy atom. The summed E-state index contributed by atoms with van der Waals surface area (Å²) in [5, 5.41) is 0. The molecule has 17 heavy (non-hydrogen) atoms. The number of nitrogens with two attached hydrogens (primary N) is 1. The van der Waals surface area contributed by atoms with Gasteiger partial charge in [0.1, 0.15) is 5.60 Å². The van der Waals surface area contributed by atoms with Crippen LogP contribution in [0.25, 0.3) is 0 Å². The van der Waals surface area contributed by atoms with Gasteiger partial charge in [-0.15, -0.1) is 0 Å². The molecule has 0 spiro atoms. The molecule has 1 saturated heterocycles. The van der Waals surface area contributed by atoms with E-state index < -0.39 is 5.60 Å². The highest BCUT2D eigenvalue weighted by molar-refractivity contribution is 7.80. The molecule has 4 nitrogen and oxygen atoms in total. The molecular weight excluding hydrogens is 236 g/mol. The number of piperidine rings is 1. The van der Waals surface area contributed by atoms with E-state index in [1.807, 2.05) is 20.8 Å². The summed E-state index contributed by atoms with van der Waals surface area (Å²) in [5.41, 5.74) is 5.46. The third-order valence-corrected chi connectivity index (χ3v) is 3.92. The van der Waals surface area contributed by atoms with Crippen molar-refractivity contribution in [3.8, 4) is 0 Å². The van der Waals surface area contributed by atoms with E-state index in [0.29, 0.717) is 19.6 Å². The Bertz CT molecular complexity index is 262. The molecule has 0 aliphatic carbocycles. The fourth-order valence-electron chi connectivity index (χ4n) is 1.92. The molecule has 0 bridgehead atoms. The molecule has 1 rings (SSSR count). The van der Waals surface area contributed by atoms with Crippen LogP contribution in [0.2, 0.25) is 0 Å². The molecular formula is C12H24N2O2S. The number of ether oxygens (including phenoxy) is 1. The highest BCUT2D eigenvalue weighted by Gasteiger charge is 2.35. The van der Waals surface area contributed by atoms with E-state index >= 15 is 0 Å². The molecule has 0 aromatic carbocycles. The van der Waals surface area contributed by atoms with Gasteiger partial charge < -0.3 is 15.4 Å². The van der Waals surface area contributed by atoms with Crippen LogP contribution in [0.4, 0.5) is 4.79 Å². The lowest BCUT2D eigenvalue weighted by atomic mass is 9.80. The van der Waals surface area contributed by atoms with E-state index in [9.17, 15) is 4.79 Å². The maximum atomic E-state index is 11.9. The van der Waals surface area contributed by atoms with Crippen molar-refractivity contribution in [3.05, 3.63) is 0 Å². The molecule has 0 atom stereocenters. The van der Waals surface area contributed by atoms with Gasteiger partial charge in [0.25, 0.3) is 0 Å². The third-order valence-electron chi connectivity index (χ3n) is 3.24. The van der Waals surface area contributed by atoms with E-state index in [1.165, 1.54) is 0 Å². The van der Waals surface area contributed by atoms with Crippen molar-refractivity contribution in [1.82, 2.24) is 4.90 Å². The number of likely N-dealkylation sites (tertiary alicyclic amines) is 1. The lowest BCUT2D eigenvalue weighted by molar-refractivity contribution is 0.0131. The second kappa shape index (κ2) is 5.48. The first-order chi connectivity index (χ1) is 7.82. The van der Waals surface area contributed by atoms with Gasteiger partial charge in [-0.2, -0.15) is 12.6 Å². The zero-order valence-electron chi connectivity index (χ0n) is 11.0. The number of carbonyl (C=O) groups excluding carboxylic acids is 1. The standard InChI is InChI=1S/C12H24N2O2S/c1-11(2,3)16-10(15)14-6-4-12(8-13,9-17)5-7-14/h17H,4-9,13H2,1-3H3. The first-order valence-corrected chi connectivity index (χ1v) is 6.74. The normalized spacial score (nSPS) is 20.2. The number of carbonyl (C=O) groups is 1. The van der Waals surface area contributed by atoms with Crippen molar-refractivity contribution in [3.63, 3.8) is 0 Å². The summed E-state index contributed by atoms with van der Waals surface area (Å²) in [6.45, 7) is 7.71. The van der Waals surface area contributed by atoms with Crippen LogP contribution in [-0.2, 0) is 4.74 Å². The van der Waals surface area contributed by atoms with Gasteiger partial charge in [-0.25, -0.2) is 4.79 Å². The van der Waals surface area contributed by atoms with Gasteiger partial charge >= 0.3 is 6.09 Å². The second-order valence-electron chi connectivity index (χ2n) is 5.83. The molecule has 100 valence electrons. The molecule has 1 aliphatic rings. The van der Waals surface area contributed by atoms with E-state index in [-0.39, 0.29) is 11.5 Å². The minimum atomic E-state index is -0.428. The number of nitrogens with zero attached hydrogens (tertiary/aromatic N) is 1. The molecule has 0 saturated carbocycles. The lowest BCUT2D eigenvalue weighted by Crippen LogP contribution is -2.48. The van der Waals surface area contributed by atoms with Crippen LogP contribution in [0.3, 0.4) is 0 Å². The van der Waals surface area contributed by atoms with Crippen molar-refractivity contribution < 1.29 is 9.53 Å². The predicted molar refractivity (Wildman–Crippen MR) is 72.4 cm³/mol. The van der Waals surface area contributed by atoms with Crippen LogP contribution in [0.1, 0.15) is 33.6 Å². The van der Waals surface area contributed by atoms with Crippen molar-refractivity contribution >= 4 is 18.7 Å². The fourth-order valence-corrected chi connectivity index (χ4v) is 2.36. The minimum Gasteiger partial charge on any atom is -0.444 e. The Morgan fingerprint density at radius 2 is 1.94 bits per heavy atom. The second-order valence-corrected chi connectivity index (χ2v) is 6.15. The number of thiol groups is 1.